The first-order chi connectivity index (χ1) is 9.21. The predicted octanol–water partition coefficient (Wildman–Crippen LogP) is 2.85. The molecule has 0 saturated heterocycles. The number of benzene rings is 1. The summed E-state index contributed by atoms with van der Waals surface area (Å²) in [6.45, 7) is 1.66. The molecular formula is C13H14F2N2O3. The molecule has 0 bridgehead atoms. The first-order valence-electron chi connectivity index (χ1n) is 5.62. The van der Waals surface area contributed by atoms with Gasteiger partial charge in [-0.1, -0.05) is 0 Å². The first kappa shape index (κ1) is 15.6. The van der Waals surface area contributed by atoms with Crippen molar-refractivity contribution in [3.63, 3.8) is 0 Å². The molecule has 0 spiro atoms. The number of rotatable bonds is 5. The van der Waals surface area contributed by atoms with E-state index in [-0.39, 0.29) is 5.75 Å². The van der Waals surface area contributed by atoms with Crippen LogP contribution in [0.5, 0.6) is 5.75 Å². The van der Waals surface area contributed by atoms with Crippen LogP contribution in [0.2, 0.25) is 0 Å². The Bertz CT molecular complexity index is 546. The topological polar surface area (TPSA) is 81.9 Å². The fraction of sp³-hybridized carbons (Fsp3) is 0.231. The fourth-order valence-corrected chi connectivity index (χ4v) is 1.26. The van der Waals surface area contributed by atoms with Crippen LogP contribution in [-0.4, -0.2) is 28.3 Å². The van der Waals surface area contributed by atoms with Gasteiger partial charge in [0.1, 0.15) is 5.75 Å². The molecule has 0 fully saturated rings. The Morgan fingerprint density at radius 2 is 1.90 bits per heavy atom. The second-order valence-corrected chi connectivity index (χ2v) is 4.15. The largest absolute Gasteiger partial charge is 0.508 e. The normalized spacial score (nSPS) is 13.2. The van der Waals surface area contributed by atoms with E-state index in [1.54, 1.807) is 0 Å². The number of allylic oxidation sites excluding steroid dienone is 1. The Balaban J connectivity index is 2.90. The minimum atomic E-state index is -3.24. The number of anilines is 1. The SMILES string of the molecule is C/C(=C(\C=N/Nc1ccc(O)cc1)C(=O)O)C(C)(F)F. The van der Waals surface area contributed by atoms with Gasteiger partial charge in [0.05, 0.1) is 17.5 Å². The Morgan fingerprint density at radius 3 is 2.35 bits per heavy atom. The molecule has 108 valence electrons. The molecule has 1 aromatic rings. The molecule has 0 radical (unpaired) electrons. The summed E-state index contributed by atoms with van der Waals surface area (Å²) in [6, 6.07) is 5.80. The number of carboxylic acid groups (broad SMARTS) is 1. The molecule has 3 N–H and O–H groups in total. The van der Waals surface area contributed by atoms with Gasteiger partial charge in [0.2, 0.25) is 0 Å². The summed E-state index contributed by atoms with van der Waals surface area (Å²) < 4.78 is 26.2. The number of phenols is 1. The second kappa shape index (κ2) is 6.14. The smallest absolute Gasteiger partial charge is 0.337 e. The van der Waals surface area contributed by atoms with E-state index in [0.29, 0.717) is 12.6 Å². The summed E-state index contributed by atoms with van der Waals surface area (Å²) in [6.07, 6.45) is 0.821. The Kier molecular flexibility index (Phi) is 4.79. The molecule has 0 aliphatic heterocycles. The van der Waals surface area contributed by atoms with E-state index in [2.05, 4.69) is 10.5 Å². The van der Waals surface area contributed by atoms with Gasteiger partial charge < -0.3 is 10.2 Å². The quantitative estimate of drug-likeness (QED) is 0.336. The monoisotopic (exact) mass is 284 g/mol. The average molecular weight is 284 g/mol. The maximum atomic E-state index is 13.1. The van der Waals surface area contributed by atoms with Gasteiger partial charge in [-0.2, -0.15) is 5.10 Å². The lowest BCUT2D eigenvalue weighted by Crippen LogP contribution is -2.18. The van der Waals surface area contributed by atoms with E-state index in [1.807, 2.05) is 0 Å². The molecule has 5 nitrogen and oxygen atoms in total. The van der Waals surface area contributed by atoms with Crippen LogP contribution in [-0.2, 0) is 4.79 Å². The third-order valence-corrected chi connectivity index (χ3v) is 2.55. The van der Waals surface area contributed by atoms with Crippen LogP contribution in [0.4, 0.5) is 14.5 Å². The highest BCUT2D eigenvalue weighted by atomic mass is 19.3. The van der Waals surface area contributed by atoms with Crippen molar-refractivity contribution in [2.75, 3.05) is 5.43 Å². The van der Waals surface area contributed by atoms with E-state index >= 15 is 0 Å². The van der Waals surface area contributed by atoms with Gasteiger partial charge in [-0.15, -0.1) is 0 Å². The van der Waals surface area contributed by atoms with Crippen molar-refractivity contribution >= 4 is 17.9 Å². The van der Waals surface area contributed by atoms with Crippen LogP contribution in [0.25, 0.3) is 0 Å². The van der Waals surface area contributed by atoms with Crippen LogP contribution in [0.15, 0.2) is 40.5 Å². The number of phenolic OH excluding ortho intramolecular Hbond substituents is 1. The molecule has 1 rings (SSSR count). The van der Waals surface area contributed by atoms with E-state index in [4.69, 9.17) is 10.2 Å². The Hall–Kier alpha value is -2.44. The Labute approximate surface area is 114 Å². The predicted molar refractivity (Wildman–Crippen MR) is 71.2 cm³/mol. The fourth-order valence-electron chi connectivity index (χ4n) is 1.26. The maximum Gasteiger partial charge on any atom is 0.337 e. The van der Waals surface area contributed by atoms with Gasteiger partial charge in [-0.05, 0) is 31.2 Å². The number of hydrazone groups is 1. The molecule has 0 atom stereocenters. The third kappa shape index (κ3) is 4.34. The minimum Gasteiger partial charge on any atom is -0.508 e. The number of aromatic hydroxyl groups is 1. The van der Waals surface area contributed by atoms with Gasteiger partial charge in [0.25, 0.3) is 5.92 Å². The summed E-state index contributed by atoms with van der Waals surface area (Å²) in [4.78, 5) is 10.9. The number of aliphatic carboxylic acids is 1. The molecular weight excluding hydrogens is 270 g/mol. The molecule has 0 aliphatic rings. The van der Waals surface area contributed by atoms with E-state index < -0.39 is 23.0 Å². The number of nitrogens with one attached hydrogen (secondary N) is 1. The molecule has 0 saturated carbocycles. The molecule has 7 heteroatoms. The van der Waals surface area contributed by atoms with Crippen LogP contribution < -0.4 is 5.43 Å². The van der Waals surface area contributed by atoms with Gasteiger partial charge in [-0.25, -0.2) is 13.6 Å². The number of carboxylic acids is 1. The lowest BCUT2D eigenvalue weighted by molar-refractivity contribution is -0.132. The highest BCUT2D eigenvalue weighted by Crippen LogP contribution is 2.25. The number of halogens is 2. The number of carbonyl (C=O) groups is 1. The van der Waals surface area contributed by atoms with E-state index in [1.165, 1.54) is 24.3 Å². The lowest BCUT2D eigenvalue weighted by atomic mass is 10.1. The number of hydrogen-bond acceptors (Lipinski definition) is 4. The minimum absolute atomic E-state index is 0.0621. The summed E-state index contributed by atoms with van der Waals surface area (Å²) >= 11 is 0. The van der Waals surface area contributed by atoms with Crippen molar-refractivity contribution in [2.24, 2.45) is 5.10 Å². The molecule has 0 aliphatic carbocycles. The molecule has 20 heavy (non-hydrogen) atoms. The summed E-state index contributed by atoms with van der Waals surface area (Å²) in [5.74, 6) is -4.66. The van der Waals surface area contributed by atoms with E-state index in [0.717, 1.165) is 13.1 Å². The highest BCUT2D eigenvalue weighted by molar-refractivity contribution is 6.09. The van der Waals surface area contributed by atoms with Gasteiger partial charge in [-0.3, -0.25) is 5.43 Å². The molecule has 0 aromatic heterocycles. The zero-order valence-electron chi connectivity index (χ0n) is 10.9. The first-order valence-corrected chi connectivity index (χ1v) is 5.62. The molecule has 0 heterocycles. The van der Waals surface area contributed by atoms with Gasteiger partial charge in [0, 0.05) is 12.5 Å². The standard InChI is InChI=1S/C13H14F2N2O3/c1-8(13(2,14)15)11(12(19)20)7-16-17-9-3-5-10(18)6-4-9/h3-7,17-18H,1-2H3,(H,19,20)/b11-8-,16-7-. The maximum absolute atomic E-state index is 13.1. The van der Waals surface area contributed by atoms with Crippen LogP contribution in [0, 0.1) is 0 Å². The van der Waals surface area contributed by atoms with Crippen molar-refractivity contribution in [3.8, 4) is 5.75 Å². The summed E-state index contributed by atoms with van der Waals surface area (Å²) in [5.41, 5.74) is 1.79. The average Bonchev–Trinajstić information content (AvgIpc) is 2.34. The van der Waals surface area contributed by atoms with Crippen molar-refractivity contribution in [1.82, 2.24) is 0 Å². The van der Waals surface area contributed by atoms with Gasteiger partial charge >= 0.3 is 5.97 Å². The molecule has 0 unspecified atom stereocenters. The van der Waals surface area contributed by atoms with Crippen LogP contribution in [0.3, 0.4) is 0 Å². The van der Waals surface area contributed by atoms with Crippen LogP contribution >= 0.6 is 0 Å². The summed E-state index contributed by atoms with van der Waals surface area (Å²) in [5, 5.41) is 21.6. The van der Waals surface area contributed by atoms with Crippen molar-refractivity contribution < 1.29 is 23.8 Å². The summed E-state index contributed by atoms with van der Waals surface area (Å²) in [7, 11) is 0. The van der Waals surface area contributed by atoms with Crippen LogP contribution in [0.1, 0.15) is 13.8 Å². The van der Waals surface area contributed by atoms with Crippen molar-refractivity contribution in [1.29, 1.82) is 0 Å². The zero-order valence-corrected chi connectivity index (χ0v) is 10.9. The van der Waals surface area contributed by atoms with Crippen molar-refractivity contribution in [3.05, 3.63) is 35.4 Å². The Morgan fingerprint density at radius 1 is 1.35 bits per heavy atom. The molecule has 1 aromatic carbocycles. The highest BCUT2D eigenvalue weighted by Gasteiger charge is 2.28. The van der Waals surface area contributed by atoms with Gasteiger partial charge in [0.15, 0.2) is 0 Å². The third-order valence-electron chi connectivity index (χ3n) is 2.55. The number of alkyl halides is 2. The number of hydrogen-bond donors (Lipinski definition) is 3. The zero-order chi connectivity index (χ0) is 15.3. The second-order valence-electron chi connectivity index (χ2n) is 4.15. The lowest BCUT2D eigenvalue weighted by Gasteiger charge is -2.12. The number of nitrogens with zero attached hydrogens (tertiary/aromatic N) is 1. The van der Waals surface area contributed by atoms with Crippen molar-refractivity contribution in [2.45, 2.75) is 19.8 Å². The molecule has 0 amide bonds. The van der Waals surface area contributed by atoms with E-state index in [9.17, 15) is 13.6 Å².